The molecule has 1 saturated carbocycles. The van der Waals surface area contributed by atoms with Crippen LogP contribution in [0.5, 0.6) is 0 Å². The SMILES string of the molecule is CCNC1CCC(NS(=O)(=O)CC2CCCO2)CC1. The van der Waals surface area contributed by atoms with E-state index in [4.69, 9.17) is 4.74 Å². The van der Waals surface area contributed by atoms with Crippen LogP contribution in [0.4, 0.5) is 0 Å². The lowest BCUT2D eigenvalue weighted by atomic mass is 9.92. The Morgan fingerprint density at radius 3 is 2.37 bits per heavy atom. The van der Waals surface area contributed by atoms with E-state index in [1.165, 1.54) is 0 Å². The minimum absolute atomic E-state index is 0.101. The van der Waals surface area contributed by atoms with E-state index in [9.17, 15) is 8.42 Å². The minimum atomic E-state index is -3.19. The number of ether oxygens (including phenoxy) is 1. The van der Waals surface area contributed by atoms with Gasteiger partial charge in [-0.25, -0.2) is 13.1 Å². The standard InChI is InChI=1S/C13H26N2O3S/c1-2-14-11-5-7-12(8-6-11)15-19(16,17)10-13-4-3-9-18-13/h11-15H,2-10H2,1H3. The average molecular weight is 290 g/mol. The van der Waals surface area contributed by atoms with Gasteiger partial charge in [0.2, 0.25) is 10.0 Å². The third-order valence-electron chi connectivity index (χ3n) is 4.00. The second-order valence-electron chi connectivity index (χ2n) is 5.64. The van der Waals surface area contributed by atoms with Gasteiger partial charge in [0.25, 0.3) is 0 Å². The molecule has 0 amide bonds. The second kappa shape index (κ2) is 7.02. The van der Waals surface area contributed by atoms with Crippen LogP contribution in [0.3, 0.4) is 0 Å². The molecule has 2 rings (SSSR count). The Balaban J connectivity index is 1.74. The van der Waals surface area contributed by atoms with Gasteiger partial charge in [-0.1, -0.05) is 6.92 Å². The van der Waals surface area contributed by atoms with Gasteiger partial charge < -0.3 is 10.1 Å². The number of hydrogen-bond acceptors (Lipinski definition) is 4. The van der Waals surface area contributed by atoms with Crippen LogP contribution in [0.25, 0.3) is 0 Å². The molecule has 1 aliphatic carbocycles. The summed E-state index contributed by atoms with van der Waals surface area (Å²) in [4.78, 5) is 0. The predicted molar refractivity (Wildman–Crippen MR) is 75.6 cm³/mol. The Labute approximate surface area is 116 Å². The van der Waals surface area contributed by atoms with E-state index in [1.54, 1.807) is 0 Å². The van der Waals surface area contributed by atoms with Crippen LogP contribution in [0.2, 0.25) is 0 Å². The number of sulfonamides is 1. The van der Waals surface area contributed by atoms with Crippen molar-refractivity contribution in [2.45, 2.75) is 63.6 Å². The molecule has 1 heterocycles. The van der Waals surface area contributed by atoms with Gasteiger partial charge in [-0.15, -0.1) is 0 Å². The first-order valence-corrected chi connectivity index (χ1v) is 9.09. The molecule has 19 heavy (non-hydrogen) atoms. The summed E-state index contributed by atoms with van der Waals surface area (Å²) in [6.07, 6.45) is 5.73. The van der Waals surface area contributed by atoms with Crippen molar-refractivity contribution in [2.24, 2.45) is 0 Å². The topological polar surface area (TPSA) is 67.4 Å². The molecule has 6 heteroatoms. The minimum Gasteiger partial charge on any atom is -0.377 e. The quantitative estimate of drug-likeness (QED) is 0.766. The van der Waals surface area contributed by atoms with Crippen LogP contribution in [-0.4, -0.2) is 45.5 Å². The van der Waals surface area contributed by atoms with Crippen molar-refractivity contribution in [2.75, 3.05) is 18.9 Å². The second-order valence-corrected chi connectivity index (χ2v) is 7.44. The maximum atomic E-state index is 12.1. The third kappa shape index (κ3) is 5.02. The monoisotopic (exact) mass is 290 g/mol. The molecule has 2 aliphatic rings. The molecular weight excluding hydrogens is 264 g/mol. The van der Waals surface area contributed by atoms with Crippen molar-refractivity contribution < 1.29 is 13.2 Å². The lowest BCUT2D eigenvalue weighted by Crippen LogP contribution is -2.44. The number of nitrogens with one attached hydrogen (secondary N) is 2. The van der Waals surface area contributed by atoms with E-state index in [1.807, 2.05) is 0 Å². The van der Waals surface area contributed by atoms with E-state index in [0.29, 0.717) is 12.6 Å². The molecule has 1 unspecified atom stereocenters. The maximum Gasteiger partial charge on any atom is 0.214 e. The van der Waals surface area contributed by atoms with Crippen molar-refractivity contribution in [3.8, 4) is 0 Å². The Morgan fingerprint density at radius 2 is 1.79 bits per heavy atom. The van der Waals surface area contributed by atoms with Crippen LogP contribution in [0, 0.1) is 0 Å². The first kappa shape index (κ1) is 15.2. The van der Waals surface area contributed by atoms with Crippen LogP contribution in [0.15, 0.2) is 0 Å². The molecule has 112 valence electrons. The van der Waals surface area contributed by atoms with Crippen LogP contribution < -0.4 is 10.0 Å². The van der Waals surface area contributed by atoms with Gasteiger partial charge in [0.05, 0.1) is 11.9 Å². The molecule has 0 radical (unpaired) electrons. The molecule has 0 aromatic heterocycles. The summed E-state index contributed by atoms with van der Waals surface area (Å²) in [5.41, 5.74) is 0. The smallest absolute Gasteiger partial charge is 0.214 e. The van der Waals surface area contributed by atoms with Crippen molar-refractivity contribution in [3.63, 3.8) is 0 Å². The summed E-state index contributed by atoms with van der Waals surface area (Å²) in [5, 5.41) is 3.43. The highest BCUT2D eigenvalue weighted by atomic mass is 32.2. The van der Waals surface area contributed by atoms with Gasteiger partial charge in [-0.3, -0.25) is 0 Å². The van der Waals surface area contributed by atoms with Crippen molar-refractivity contribution >= 4 is 10.0 Å². The van der Waals surface area contributed by atoms with Gasteiger partial charge >= 0.3 is 0 Å². The summed E-state index contributed by atoms with van der Waals surface area (Å²) >= 11 is 0. The highest BCUT2D eigenvalue weighted by Gasteiger charge is 2.27. The first-order chi connectivity index (χ1) is 9.09. The number of rotatable bonds is 6. The fraction of sp³-hybridized carbons (Fsp3) is 1.00. The summed E-state index contributed by atoms with van der Waals surface area (Å²) < 4.78 is 32.4. The third-order valence-corrected chi connectivity index (χ3v) is 5.50. The largest absolute Gasteiger partial charge is 0.377 e. The summed E-state index contributed by atoms with van der Waals surface area (Å²) in [6.45, 7) is 3.80. The van der Waals surface area contributed by atoms with E-state index in [0.717, 1.165) is 45.1 Å². The molecule has 2 fully saturated rings. The maximum absolute atomic E-state index is 12.1. The zero-order valence-corrected chi connectivity index (χ0v) is 12.5. The molecule has 0 bridgehead atoms. The molecule has 0 aromatic carbocycles. The molecular formula is C13H26N2O3S. The Kier molecular flexibility index (Phi) is 5.62. The first-order valence-electron chi connectivity index (χ1n) is 7.44. The van der Waals surface area contributed by atoms with Gasteiger partial charge in [0, 0.05) is 18.7 Å². The van der Waals surface area contributed by atoms with E-state index in [-0.39, 0.29) is 17.9 Å². The van der Waals surface area contributed by atoms with Gasteiger partial charge in [-0.05, 0) is 45.1 Å². The molecule has 5 nitrogen and oxygen atoms in total. The van der Waals surface area contributed by atoms with Gasteiger partial charge in [-0.2, -0.15) is 0 Å². The van der Waals surface area contributed by atoms with E-state index >= 15 is 0 Å². The predicted octanol–water partition coefficient (Wildman–Crippen LogP) is 1.01. The molecule has 1 saturated heterocycles. The van der Waals surface area contributed by atoms with E-state index in [2.05, 4.69) is 17.0 Å². The summed E-state index contributed by atoms with van der Waals surface area (Å²) in [6, 6.07) is 0.672. The fourth-order valence-corrected chi connectivity index (χ4v) is 4.62. The fourth-order valence-electron chi connectivity index (χ4n) is 3.03. The Morgan fingerprint density at radius 1 is 1.11 bits per heavy atom. The van der Waals surface area contributed by atoms with Crippen LogP contribution in [0.1, 0.15) is 45.4 Å². The van der Waals surface area contributed by atoms with Gasteiger partial charge in [0.1, 0.15) is 0 Å². The zero-order valence-electron chi connectivity index (χ0n) is 11.7. The summed E-state index contributed by atoms with van der Waals surface area (Å²) in [7, 11) is -3.19. The normalized spacial score (nSPS) is 32.6. The zero-order chi connectivity index (χ0) is 13.7. The van der Waals surface area contributed by atoms with E-state index < -0.39 is 10.0 Å². The molecule has 1 aliphatic heterocycles. The number of hydrogen-bond donors (Lipinski definition) is 2. The summed E-state index contributed by atoms with van der Waals surface area (Å²) in [5.74, 6) is 0.125. The highest BCUT2D eigenvalue weighted by molar-refractivity contribution is 7.89. The van der Waals surface area contributed by atoms with Crippen molar-refractivity contribution in [1.29, 1.82) is 0 Å². The average Bonchev–Trinajstić information content (AvgIpc) is 2.83. The molecule has 0 spiro atoms. The lowest BCUT2D eigenvalue weighted by molar-refractivity contribution is 0.127. The highest BCUT2D eigenvalue weighted by Crippen LogP contribution is 2.20. The molecule has 1 atom stereocenters. The van der Waals surface area contributed by atoms with Crippen LogP contribution >= 0.6 is 0 Å². The Bertz CT molecular complexity index is 358. The van der Waals surface area contributed by atoms with Gasteiger partial charge in [0.15, 0.2) is 0 Å². The molecule has 0 aromatic rings. The lowest BCUT2D eigenvalue weighted by Gasteiger charge is -2.29. The van der Waals surface area contributed by atoms with Crippen molar-refractivity contribution in [3.05, 3.63) is 0 Å². The van der Waals surface area contributed by atoms with Crippen LogP contribution in [-0.2, 0) is 14.8 Å². The molecule has 2 N–H and O–H groups in total. The Hall–Kier alpha value is -0.170. The van der Waals surface area contributed by atoms with Crippen molar-refractivity contribution in [1.82, 2.24) is 10.0 Å².